The lowest BCUT2D eigenvalue weighted by atomic mass is 10.1. The Morgan fingerprint density at radius 1 is 1.26 bits per heavy atom. The van der Waals surface area contributed by atoms with Crippen LogP contribution in [0.25, 0.3) is 0 Å². The van der Waals surface area contributed by atoms with Crippen molar-refractivity contribution in [3.05, 3.63) is 31.8 Å². The third-order valence-electron chi connectivity index (χ3n) is 3.85. The molecule has 1 aromatic carbocycles. The van der Waals surface area contributed by atoms with E-state index < -0.39 is 0 Å². The van der Waals surface area contributed by atoms with Gasteiger partial charge in [-0.3, -0.25) is 4.79 Å². The van der Waals surface area contributed by atoms with Crippen molar-refractivity contribution in [1.82, 2.24) is 4.90 Å². The maximum Gasteiger partial charge on any atom is 0.255 e. The molecule has 0 bridgehead atoms. The first-order chi connectivity index (χ1) is 9.09. The van der Waals surface area contributed by atoms with Gasteiger partial charge in [0.2, 0.25) is 0 Å². The van der Waals surface area contributed by atoms with Crippen LogP contribution in [0.4, 0.5) is 0 Å². The number of halogens is 2. The molecule has 104 valence electrons. The van der Waals surface area contributed by atoms with Gasteiger partial charge in [-0.1, -0.05) is 25.7 Å². The Hall–Kier alpha value is -0.100. The number of hydrogen-bond donors (Lipinski definition) is 0. The highest BCUT2D eigenvalue weighted by molar-refractivity contribution is 14.1. The van der Waals surface area contributed by atoms with Crippen LogP contribution in [0.1, 0.15) is 48.9 Å². The molecule has 1 aliphatic carbocycles. The van der Waals surface area contributed by atoms with Gasteiger partial charge in [0.25, 0.3) is 5.91 Å². The molecule has 2 rings (SSSR count). The van der Waals surface area contributed by atoms with Crippen LogP contribution >= 0.6 is 38.5 Å². The normalized spacial score (nSPS) is 17.0. The number of carbonyl (C=O) groups is 1. The summed E-state index contributed by atoms with van der Waals surface area (Å²) in [6, 6.07) is 6.32. The molecule has 0 heterocycles. The summed E-state index contributed by atoms with van der Waals surface area (Å²) in [7, 11) is 1.95. The Morgan fingerprint density at radius 2 is 1.89 bits per heavy atom. The van der Waals surface area contributed by atoms with E-state index >= 15 is 0 Å². The Kier molecular flexibility index (Phi) is 5.69. The average molecular weight is 436 g/mol. The topological polar surface area (TPSA) is 20.3 Å². The zero-order valence-corrected chi connectivity index (χ0v) is 14.9. The fourth-order valence-corrected chi connectivity index (χ4v) is 3.57. The van der Waals surface area contributed by atoms with Crippen LogP contribution in [-0.4, -0.2) is 23.9 Å². The first-order valence-electron chi connectivity index (χ1n) is 6.82. The Bertz CT molecular complexity index is 455. The summed E-state index contributed by atoms with van der Waals surface area (Å²) in [4.78, 5) is 14.6. The van der Waals surface area contributed by atoms with Gasteiger partial charge >= 0.3 is 0 Å². The third kappa shape index (κ3) is 3.94. The van der Waals surface area contributed by atoms with E-state index in [1.165, 1.54) is 25.7 Å². The van der Waals surface area contributed by atoms with Gasteiger partial charge in [0.05, 0.1) is 5.56 Å². The van der Waals surface area contributed by atoms with Crippen LogP contribution in [0.2, 0.25) is 0 Å². The van der Waals surface area contributed by atoms with Crippen molar-refractivity contribution in [2.75, 3.05) is 7.05 Å². The highest BCUT2D eigenvalue weighted by Gasteiger charge is 2.23. The molecule has 0 aromatic heterocycles. The van der Waals surface area contributed by atoms with Crippen LogP contribution in [0.3, 0.4) is 0 Å². The molecule has 1 aromatic rings. The Morgan fingerprint density at radius 3 is 2.53 bits per heavy atom. The lowest BCUT2D eigenvalue weighted by molar-refractivity contribution is 0.0716. The molecule has 0 N–H and O–H groups in total. The van der Waals surface area contributed by atoms with Crippen molar-refractivity contribution in [2.45, 2.75) is 44.6 Å². The smallest absolute Gasteiger partial charge is 0.255 e. The SMILES string of the molecule is CN(C(=O)c1cc(I)ccc1Br)C1CCCCCC1. The zero-order chi connectivity index (χ0) is 13.8. The quantitative estimate of drug-likeness (QED) is 0.480. The van der Waals surface area contributed by atoms with Crippen molar-refractivity contribution < 1.29 is 4.79 Å². The van der Waals surface area contributed by atoms with Crippen LogP contribution in [0.5, 0.6) is 0 Å². The number of hydrogen-bond acceptors (Lipinski definition) is 1. The molecule has 1 amide bonds. The van der Waals surface area contributed by atoms with Crippen LogP contribution < -0.4 is 0 Å². The van der Waals surface area contributed by atoms with Crippen LogP contribution in [0.15, 0.2) is 22.7 Å². The number of amides is 1. The van der Waals surface area contributed by atoms with E-state index in [9.17, 15) is 4.79 Å². The van der Waals surface area contributed by atoms with Gasteiger partial charge in [0.1, 0.15) is 0 Å². The molecule has 0 aliphatic heterocycles. The van der Waals surface area contributed by atoms with E-state index in [4.69, 9.17) is 0 Å². The molecule has 0 unspecified atom stereocenters. The second-order valence-corrected chi connectivity index (χ2v) is 7.29. The number of carbonyl (C=O) groups excluding carboxylic acids is 1. The second-order valence-electron chi connectivity index (χ2n) is 5.19. The van der Waals surface area contributed by atoms with Gasteiger partial charge in [0, 0.05) is 21.1 Å². The lowest BCUT2D eigenvalue weighted by Gasteiger charge is -2.27. The molecule has 4 heteroatoms. The predicted molar refractivity (Wildman–Crippen MR) is 90.4 cm³/mol. The lowest BCUT2D eigenvalue weighted by Crippen LogP contribution is -2.37. The summed E-state index contributed by atoms with van der Waals surface area (Å²) in [6.07, 6.45) is 7.40. The predicted octanol–water partition coefficient (Wildman–Crippen LogP) is 4.85. The Labute approximate surface area is 137 Å². The highest BCUT2D eigenvalue weighted by atomic mass is 127. The molecule has 2 nitrogen and oxygen atoms in total. The summed E-state index contributed by atoms with van der Waals surface area (Å²) in [5, 5.41) is 0. The molecule has 0 spiro atoms. The molecule has 1 fully saturated rings. The summed E-state index contributed by atoms with van der Waals surface area (Å²) < 4.78 is 1.98. The molecule has 0 radical (unpaired) electrons. The van der Waals surface area contributed by atoms with E-state index in [-0.39, 0.29) is 5.91 Å². The Balaban J connectivity index is 2.15. The maximum absolute atomic E-state index is 12.6. The molecule has 1 aliphatic rings. The van der Waals surface area contributed by atoms with Crippen molar-refractivity contribution in [1.29, 1.82) is 0 Å². The molecule has 0 atom stereocenters. The van der Waals surface area contributed by atoms with Crippen molar-refractivity contribution >= 4 is 44.4 Å². The summed E-state index contributed by atoms with van der Waals surface area (Å²) >= 11 is 5.74. The van der Waals surface area contributed by atoms with Gasteiger partial charge < -0.3 is 4.90 Å². The minimum Gasteiger partial charge on any atom is -0.339 e. The molecular formula is C15H19BrINO. The summed E-state index contributed by atoms with van der Waals surface area (Å²) in [5.41, 5.74) is 0.777. The summed E-state index contributed by atoms with van der Waals surface area (Å²) in [6.45, 7) is 0. The van der Waals surface area contributed by atoms with Crippen molar-refractivity contribution in [3.8, 4) is 0 Å². The van der Waals surface area contributed by atoms with E-state index in [2.05, 4.69) is 38.5 Å². The molecule has 0 saturated heterocycles. The van der Waals surface area contributed by atoms with E-state index in [0.29, 0.717) is 6.04 Å². The highest BCUT2D eigenvalue weighted by Crippen LogP contribution is 2.25. The standard InChI is InChI=1S/C15H19BrINO/c1-18(12-6-4-2-3-5-7-12)15(19)13-10-11(17)8-9-14(13)16/h8-10,12H,2-7H2,1H3. The monoisotopic (exact) mass is 435 g/mol. The number of nitrogens with zero attached hydrogens (tertiary/aromatic N) is 1. The second kappa shape index (κ2) is 7.07. The number of rotatable bonds is 2. The first-order valence-corrected chi connectivity index (χ1v) is 8.69. The molecule has 1 saturated carbocycles. The maximum atomic E-state index is 12.6. The fourth-order valence-electron chi connectivity index (χ4n) is 2.66. The third-order valence-corrected chi connectivity index (χ3v) is 5.21. The first kappa shape index (κ1) is 15.3. The van der Waals surface area contributed by atoms with Gasteiger partial charge in [0.15, 0.2) is 0 Å². The largest absolute Gasteiger partial charge is 0.339 e. The van der Waals surface area contributed by atoms with Gasteiger partial charge in [-0.2, -0.15) is 0 Å². The minimum atomic E-state index is 0.136. The van der Waals surface area contributed by atoms with Crippen molar-refractivity contribution in [3.63, 3.8) is 0 Å². The molecule has 19 heavy (non-hydrogen) atoms. The number of benzene rings is 1. The molecular weight excluding hydrogens is 417 g/mol. The fraction of sp³-hybridized carbons (Fsp3) is 0.533. The van der Waals surface area contributed by atoms with E-state index in [1.54, 1.807) is 0 Å². The van der Waals surface area contributed by atoms with E-state index in [1.807, 2.05) is 30.1 Å². The van der Waals surface area contributed by atoms with Gasteiger partial charge in [-0.05, 0) is 69.6 Å². The average Bonchev–Trinajstić information content (AvgIpc) is 2.69. The minimum absolute atomic E-state index is 0.136. The van der Waals surface area contributed by atoms with Gasteiger partial charge in [-0.15, -0.1) is 0 Å². The van der Waals surface area contributed by atoms with Gasteiger partial charge in [-0.25, -0.2) is 0 Å². The zero-order valence-electron chi connectivity index (χ0n) is 11.2. The van der Waals surface area contributed by atoms with Crippen molar-refractivity contribution in [2.24, 2.45) is 0 Å². The summed E-state index contributed by atoms with van der Waals surface area (Å²) in [5.74, 6) is 0.136. The van der Waals surface area contributed by atoms with Crippen LogP contribution in [-0.2, 0) is 0 Å². The van der Waals surface area contributed by atoms with E-state index in [0.717, 1.165) is 26.4 Å². The van der Waals surface area contributed by atoms with Crippen LogP contribution in [0, 0.1) is 3.57 Å².